The van der Waals surface area contributed by atoms with Gasteiger partial charge in [0.15, 0.2) is 0 Å². The Balaban J connectivity index is 0.00000182. The number of hydrogen-bond donors (Lipinski definition) is 1. The smallest absolute Gasteiger partial charge is 0.252 e. The molecule has 0 unspecified atom stereocenters. The Morgan fingerprint density at radius 3 is 2.84 bits per heavy atom. The topological polar surface area (TPSA) is 45.3 Å². The molecule has 0 aliphatic carbocycles. The molecule has 0 spiro atoms. The lowest BCUT2D eigenvalue weighted by atomic mass is 10.0. The minimum Gasteiger partial charge on any atom is -0.492 e. The summed E-state index contributed by atoms with van der Waals surface area (Å²) in [4.78, 5) is 17.7. The van der Waals surface area contributed by atoms with Crippen molar-refractivity contribution in [2.24, 2.45) is 0 Å². The van der Waals surface area contributed by atoms with Gasteiger partial charge in [-0.25, -0.2) is 0 Å². The molecule has 1 aromatic heterocycles. The van der Waals surface area contributed by atoms with Gasteiger partial charge in [-0.15, -0.1) is 12.4 Å². The Kier molecular flexibility index (Phi) is 6.31. The number of aromatic nitrogens is 1. The van der Waals surface area contributed by atoms with Crippen LogP contribution >= 0.6 is 24.2 Å². The number of H-pyrrole nitrogens is 1. The van der Waals surface area contributed by atoms with E-state index in [4.69, 9.17) is 4.74 Å². The van der Waals surface area contributed by atoms with Crippen molar-refractivity contribution >= 4 is 35.1 Å². The number of benzene rings is 1. The highest BCUT2D eigenvalue weighted by Crippen LogP contribution is 2.29. The van der Waals surface area contributed by atoms with Gasteiger partial charge >= 0.3 is 0 Å². The number of likely N-dealkylation sites (tertiary alicyclic amines) is 1. The number of hydrogen-bond acceptors (Lipinski definition) is 4. The number of pyridine rings is 1. The van der Waals surface area contributed by atoms with Crippen LogP contribution in [0, 0.1) is 0 Å². The van der Waals surface area contributed by atoms with Crippen molar-refractivity contribution < 1.29 is 4.74 Å². The zero-order chi connectivity index (χ0) is 16.4. The highest BCUT2D eigenvalue weighted by atomic mass is 35.5. The molecule has 0 atom stereocenters. The van der Waals surface area contributed by atoms with Crippen molar-refractivity contribution in [3.63, 3.8) is 0 Å². The van der Waals surface area contributed by atoms with Crippen molar-refractivity contribution in [2.75, 3.05) is 32.0 Å². The summed E-state index contributed by atoms with van der Waals surface area (Å²) in [5.41, 5.74) is 3.16. The first-order chi connectivity index (χ1) is 11.8. The number of aromatic amines is 1. The molecule has 0 amide bonds. The predicted molar refractivity (Wildman–Crippen MR) is 107 cm³/mol. The first kappa shape index (κ1) is 18.6. The third kappa shape index (κ3) is 4.15. The Bertz CT molecular complexity index is 787. The van der Waals surface area contributed by atoms with Crippen molar-refractivity contribution in [3.8, 4) is 5.75 Å². The van der Waals surface area contributed by atoms with Gasteiger partial charge < -0.3 is 9.72 Å². The zero-order valence-electron chi connectivity index (χ0n) is 14.4. The minimum atomic E-state index is 0. The third-order valence-electron chi connectivity index (χ3n) is 5.07. The summed E-state index contributed by atoms with van der Waals surface area (Å²) in [6.07, 6.45) is 4.96. The fourth-order valence-corrected chi connectivity index (χ4v) is 4.73. The number of rotatable bonds is 4. The Labute approximate surface area is 158 Å². The summed E-state index contributed by atoms with van der Waals surface area (Å²) in [6, 6.07) is 6.06. The van der Waals surface area contributed by atoms with Crippen LogP contribution in [0.4, 0.5) is 0 Å². The highest BCUT2D eigenvalue weighted by molar-refractivity contribution is 7.98. The number of thioether (sulfide) groups is 1. The molecule has 1 N–H and O–H groups in total. The molecule has 2 aliphatic rings. The molecule has 1 aromatic carbocycles. The first-order valence-corrected chi connectivity index (χ1v) is 10.1. The average molecular weight is 381 g/mol. The molecule has 0 bridgehead atoms. The quantitative estimate of drug-likeness (QED) is 0.880. The van der Waals surface area contributed by atoms with Crippen molar-refractivity contribution in [1.29, 1.82) is 0 Å². The maximum atomic E-state index is 12.2. The van der Waals surface area contributed by atoms with Gasteiger partial charge in [-0.1, -0.05) is 6.42 Å². The second-order valence-electron chi connectivity index (χ2n) is 6.67. The lowest BCUT2D eigenvalue weighted by molar-refractivity contribution is 0.183. The Morgan fingerprint density at radius 2 is 2.00 bits per heavy atom. The van der Waals surface area contributed by atoms with Crippen LogP contribution in [-0.4, -0.2) is 41.9 Å². The van der Waals surface area contributed by atoms with E-state index in [1.807, 2.05) is 23.9 Å². The number of ether oxygens (including phenoxy) is 1. The number of aryl methyl sites for hydroxylation is 1. The van der Waals surface area contributed by atoms with Gasteiger partial charge in [0.2, 0.25) is 0 Å². The summed E-state index contributed by atoms with van der Waals surface area (Å²) in [5, 5.41) is 1.15. The number of nitrogens with zero attached hydrogens (tertiary/aromatic N) is 1. The van der Waals surface area contributed by atoms with E-state index in [1.165, 1.54) is 37.9 Å². The van der Waals surface area contributed by atoms with Gasteiger partial charge in [-0.3, -0.25) is 9.69 Å². The summed E-state index contributed by atoms with van der Waals surface area (Å²) in [6.45, 7) is 4.13. The summed E-state index contributed by atoms with van der Waals surface area (Å²) in [5.74, 6) is 2.82. The number of fused-ring (bicyclic) bond motifs is 3. The largest absolute Gasteiger partial charge is 0.492 e. The zero-order valence-corrected chi connectivity index (χ0v) is 16.0. The molecule has 4 rings (SSSR count). The van der Waals surface area contributed by atoms with E-state index in [1.54, 1.807) is 0 Å². The first-order valence-electron chi connectivity index (χ1n) is 8.92. The maximum absolute atomic E-state index is 12.2. The standard InChI is InChI=1S/C19H24N2O2S.ClH/c22-19-17-13-24-11-6-15(17)16-12-14(4-5-18(16)20-19)23-10-9-21-7-2-1-3-8-21;/h4-5,12H,1-3,6-11,13H2,(H,20,22);1H. The summed E-state index contributed by atoms with van der Waals surface area (Å²) < 4.78 is 6.00. The normalized spacial score (nSPS) is 17.8. The molecule has 2 aromatic rings. The average Bonchev–Trinajstić information content (AvgIpc) is 2.63. The number of nitrogens with one attached hydrogen (secondary N) is 1. The van der Waals surface area contributed by atoms with Crippen LogP contribution in [0.2, 0.25) is 0 Å². The van der Waals surface area contributed by atoms with E-state index < -0.39 is 0 Å². The van der Waals surface area contributed by atoms with E-state index in [-0.39, 0.29) is 18.0 Å². The second-order valence-corrected chi connectivity index (χ2v) is 7.78. The van der Waals surface area contributed by atoms with Gasteiger partial charge in [0.1, 0.15) is 12.4 Å². The van der Waals surface area contributed by atoms with Gasteiger partial charge in [0.05, 0.1) is 0 Å². The summed E-state index contributed by atoms with van der Waals surface area (Å²) in [7, 11) is 0. The van der Waals surface area contributed by atoms with Crippen LogP contribution < -0.4 is 10.3 Å². The minimum absolute atomic E-state index is 0. The van der Waals surface area contributed by atoms with Crippen LogP contribution in [0.5, 0.6) is 5.75 Å². The van der Waals surface area contributed by atoms with Crippen molar-refractivity contribution in [2.45, 2.75) is 31.4 Å². The molecule has 136 valence electrons. The molecule has 0 radical (unpaired) electrons. The van der Waals surface area contributed by atoms with E-state index >= 15 is 0 Å². The van der Waals surface area contributed by atoms with Crippen LogP contribution in [0.1, 0.15) is 30.4 Å². The Hall–Kier alpha value is -1.17. The Morgan fingerprint density at radius 1 is 1.16 bits per heavy atom. The second kappa shape index (κ2) is 8.47. The number of halogens is 1. The molecule has 3 heterocycles. The molecule has 1 fully saturated rings. The molecule has 1 saturated heterocycles. The van der Waals surface area contributed by atoms with E-state index in [9.17, 15) is 4.79 Å². The summed E-state index contributed by atoms with van der Waals surface area (Å²) >= 11 is 1.84. The molecule has 2 aliphatic heterocycles. The van der Waals surface area contributed by atoms with Crippen molar-refractivity contribution in [1.82, 2.24) is 9.88 Å². The monoisotopic (exact) mass is 380 g/mol. The lowest BCUT2D eigenvalue weighted by Gasteiger charge is -2.26. The fourth-order valence-electron chi connectivity index (χ4n) is 3.73. The van der Waals surface area contributed by atoms with E-state index in [0.717, 1.165) is 53.3 Å². The number of piperidine rings is 1. The third-order valence-corrected chi connectivity index (χ3v) is 6.06. The molecular weight excluding hydrogens is 356 g/mol. The fraction of sp³-hybridized carbons (Fsp3) is 0.526. The van der Waals surface area contributed by atoms with Crippen LogP contribution in [0.15, 0.2) is 23.0 Å². The molecule has 0 saturated carbocycles. The predicted octanol–water partition coefficient (Wildman–Crippen LogP) is 3.60. The van der Waals surface area contributed by atoms with Crippen molar-refractivity contribution in [3.05, 3.63) is 39.7 Å². The van der Waals surface area contributed by atoms with Gasteiger partial charge in [0.25, 0.3) is 5.56 Å². The van der Waals surface area contributed by atoms with Gasteiger partial charge in [0, 0.05) is 28.8 Å². The molecule has 25 heavy (non-hydrogen) atoms. The van der Waals surface area contributed by atoms with E-state index in [0.29, 0.717) is 0 Å². The highest BCUT2D eigenvalue weighted by Gasteiger charge is 2.17. The molecular formula is C19H25ClN2O2S. The van der Waals surface area contributed by atoms with Gasteiger partial charge in [-0.2, -0.15) is 11.8 Å². The maximum Gasteiger partial charge on any atom is 0.252 e. The SMILES string of the molecule is Cl.O=c1[nH]c2ccc(OCCN3CCCCC3)cc2c2c1CSCC2. The van der Waals surface area contributed by atoms with Crippen LogP contribution in [0.3, 0.4) is 0 Å². The molecule has 4 nitrogen and oxygen atoms in total. The van der Waals surface area contributed by atoms with Gasteiger partial charge in [-0.05, 0) is 61.9 Å². The lowest BCUT2D eigenvalue weighted by Crippen LogP contribution is -2.33. The molecule has 6 heteroatoms. The van der Waals surface area contributed by atoms with Crippen LogP contribution in [0.25, 0.3) is 10.9 Å². The van der Waals surface area contributed by atoms with E-state index in [2.05, 4.69) is 16.0 Å². The van der Waals surface area contributed by atoms with Crippen LogP contribution in [-0.2, 0) is 12.2 Å².